The zero-order valence-corrected chi connectivity index (χ0v) is 19.2. The van der Waals surface area contributed by atoms with Crippen LogP contribution in [-0.2, 0) is 9.53 Å². The molecule has 1 atom stereocenters. The molecule has 5 rings (SSSR count). The lowest BCUT2D eigenvalue weighted by Crippen LogP contribution is -2.46. The van der Waals surface area contributed by atoms with Crippen molar-refractivity contribution < 1.29 is 23.1 Å². The summed E-state index contributed by atoms with van der Waals surface area (Å²) in [5.74, 6) is -0.282. The number of nitrogens with zero attached hydrogens (tertiary/aromatic N) is 4. The van der Waals surface area contributed by atoms with Crippen LogP contribution in [-0.4, -0.2) is 44.1 Å². The summed E-state index contributed by atoms with van der Waals surface area (Å²) in [6.45, 7) is 1.89. The quantitative estimate of drug-likeness (QED) is 0.227. The molecule has 1 aliphatic rings. The molecule has 2 N–H and O–H groups in total. The van der Waals surface area contributed by atoms with Crippen molar-refractivity contribution >= 4 is 34.8 Å². The van der Waals surface area contributed by atoms with Crippen LogP contribution in [0.3, 0.4) is 0 Å². The van der Waals surface area contributed by atoms with Crippen molar-refractivity contribution in [2.45, 2.75) is 18.0 Å². The number of fused-ring (bicyclic) bond motifs is 1. The number of ether oxygens (including phenoxy) is 1. The normalized spacial score (nSPS) is 15.7. The van der Waals surface area contributed by atoms with E-state index in [1.807, 2.05) is 0 Å². The van der Waals surface area contributed by atoms with Gasteiger partial charge in [-0.2, -0.15) is 5.10 Å². The zero-order chi connectivity index (χ0) is 24.4. The van der Waals surface area contributed by atoms with E-state index >= 15 is 0 Å². The second kappa shape index (κ2) is 9.58. The molecule has 0 spiro atoms. The van der Waals surface area contributed by atoms with Gasteiger partial charge >= 0.3 is 12.0 Å². The van der Waals surface area contributed by atoms with E-state index in [1.54, 1.807) is 42.1 Å². The highest BCUT2D eigenvalue weighted by Gasteiger charge is 2.35. The van der Waals surface area contributed by atoms with Crippen molar-refractivity contribution in [2.75, 3.05) is 12.4 Å². The maximum Gasteiger partial charge on any atom is 0.338 e. The van der Waals surface area contributed by atoms with Gasteiger partial charge in [-0.3, -0.25) is 0 Å². The molecule has 0 bridgehead atoms. The number of hydrogen-bond acceptors (Lipinski definition) is 8. The Morgan fingerprint density at radius 3 is 2.83 bits per heavy atom. The van der Waals surface area contributed by atoms with Crippen LogP contribution < -0.4 is 10.6 Å². The third kappa shape index (κ3) is 4.47. The molecule has 12 heteroatoms. The van der Waals surface area contributed by atoms with Crippen molar-refractivity contribution in [1.82, 2.24) is 30.4 Å². The topological polar surface area (TPSA) is 124 Å². The first kappa shape index (κ1) is 22.6. The number of thioether (sulfide) groups is 1. The highest BCUT2D eigenvalue weighted by Crippen LogP contribution is 2.32. The van der Waals surface area contributed by atoms with Crippen LogP contribution in [0, 0.1) is 5.82 Å². The number of furan rings is 1. The van der Waals surface area contributed by atoms with Crippen molar-refractivity contribution in [3.05, 3.63) is 78.0 Å². The first-order valence-corrected chi connectivity index (χ1v) is 11.6. The molecule has 2 amide bonds. The Bertz CT molecular complexity index is 1420. The highest BCUT2D eigenvalue weighted by atomic mass is 32.2. The second-order valence-electron chi connectivity index (χ2n) is 7.40. The van der Waals surface area contributed by atoms with Gasteiger partial charge in [-0.05, 0) is 43.3 Å². The van der Waals surface area contributed by atoms with E-state index in [1.165, 1.54) is 36.5 Å². The number of carbonyl (C=O) groups is 2. The number of nitrogens with one attached hydrogen (secondary N) is 2. The van der Waals surface area contributed by atoms with Crippen molar-refractivity contribution in [2.24, 2.45) is 0 Å². The van der Waals surface area contributed by atoms with Crippen LogP contribution in [0.5, 0.6) is 0 Å². The summed E-state index contributed by atoms with van der Waals surface area (Å²) < 4.78 is 25.6. The van der Waals surface area contributed by atoms with Gasteiger partial charge in [-0.15, -0.1) is 0 Å². The molecule has 1 aromatic carbocycles. The first-order valence-electron chi connectivity index (χ1n) is 10.6. The Hall–Kier alpha value is -4.19. The van der Waals surface area contributed by atoms with Crippen LogP contribution in [0.15, 0.2) is 75.9 Å². The lowest BCUT2D eigenvalue weighted by molar-refractivity contribution is -0.139. The Labute approximate surface area is 202 Å². The van der Waals surface area contributed by atoms with Gasteiger partial charge in [-0.1, -0.05) is 11.8 Å². The van der Waals surface area contributed by atoms with Crippen LogP contribution in [0.25, 0.3) is 16.7 Å². The molecular weight excluding hydrogens is 475 g/mol. The second-order valence-corrected chi connectivity index (χ2v) is 8.36. The van der Waals surface area contributed by atoms with Gasteiger partial charge in [0.05, 0.1) is 35.7 Å². The van der Waals surface area contributed by atoms with Gasteiger partial charge < -0.3 is 19.8 Å². The predicted molar refractivity (Wildman–Crippen MR) is 124 cm³/mol. The maximum absolute atomic E-state index is 13.3. The van der Waals surface area contributed by atoms with E-state index in [0.29, 0.717) is 33.2 Å². The van der Waals surface area contributed by atoms with E-state index in [9.17, 15) is 14.0 Å². The summed E-state index contributed by atoms with van der Waals surface area (Å²) in [5.41, 5.74) is 1.82. The van der Waals surface area contributed by atoms with Gasteiger partial charge in [0.15, 0.2) is 5.65 Å². The number of aromatic nitrogens is 4. The number of rotatable bonds is 7. The molecular formula is C23H19FN6O4S. The molecule has 4 aromatic rings. The summed E-state index contributed by atoms with van der Waals surface area (Å²) in [5, 5.41) is 11.1. The minimum atomic E-state index is -0.792. The standard InChI is InChI=1S/C23H19FN6O4S/c1-2-33-22(31)18-16(28-23(32)29-19(18)17-4-3-9-34-17)11-35-21-15-10-27-30(20(15)25-12-26-21)14-7-5-13(24)6-8-14/h3-10,12,19H,2,11H2,1H3,(H2,28,29,32)/t19-/m1/s1. The number of halogens is 1. The van der Waals surface area contributed by atoms with Crippen LogP contribution in [0.2, 0.25) is 0 Å². The van der Waals surface area contributed by atoms with Crippen molar-refractivity contribution in [3.8, 4) is 5.69 Å². The van der Waals surface area contributed by atoms with Gasteiger partial charge in [-0.25, -0.2) is 28.6 Å². The molecule has 0 unspecified atom stereocenters. The Kier molecular flexibility index (Phi) is 6.19. The van der Waals surface area contributed by atoms with E-state index < -0.39 is 18.0 Å². The van der Waals surface area contributed by atoms with Gasteiger partial charge in [0, 0.05) is 11.4 Å². The fourth-order valence-corrected chi connectivity index (χ4v) is 4.63. The van der Waals surface area contributed by atoms with Gasteiger partial charge in [0.1, 0.15) is 29.0 Å². The van der Waals surface area contributed by atoms with E-state index in [2.05, 4.69) is 25.7 Å². The number of benzene rings is 1. The summed E-state index contributed by atoms with van der Waals surface area (Å²) in [6, 6.07) is 8.00. The Morgan fingerprint density at radius 2 is 2.09 bits per heavy atom. The zero-order valence-electron chi connectivity index (χ0n) is 18.4. The van der Waals surface area contributed by atoms with E-state index in [0.717, 1.165) is 0 Å². The third-order valence-electron chi connectivity index (χ3n) is 5.23. The smallest absolute Gasteiger partial charge is 0.338 e. The molecule has 0 aliphatic carbocycles. The first-order chi connectivity index (χ1) is 17.0. The van der Waals surface area contributed by atoms with Gasteiger partial charge in [0.25, 0.3) is 0 Å². The summed E-state index contributed by atoms with van der Waals surface area (Å²) in [6.07, 6.45) is 4.49. The number of amides is 2. The average molecular weight is 495 g/mol. The largest absolute Gasteiger partial charge is 0.467 e. The molecule has 4 heterocycles. The Morgan fingerprint density at radius 1 is 1.26 bits per heavy atom. The number of carbonyl (C=O) groups excluding carboxylic acids is 2. The molecule has 0 saturated heterocycles. The molecule has 1 aliphatic heterocycles. The fraction of sp³-hybridized carbons (Fsp3) is 0.174. The molecule has 0 fully saturated rings. The summed E-state index contributed by atoms with van der Waals surface area (Å²) >= 11 is 1.30. The highest BCUT2D eigenvalue weighted by molar-refractivity contribution is 7.99. The maximum atomic E-state index is 13.3. The predicted octanol–water partition coefficient (Wildman–Crippen LogP) is 3.51. The Balaban J connectivity index is 1.48. The molecule has 3 aromatic heterocycles. The minimum Gasteiger partial charge on any atom is -0.467 e. The van der Waals surface area contributed by atoms with Crippen LogP contribution in [0.1, 0.15) is 18.7 Å². The monoisotopic (exact) mass is 494 g/mol. The lowest BCUT2D eigenvalue weighted by Gasteiger charge is -2.27. The molecule has 10 nitrogen and oxygen atoms in total. The average Bonchev–Trinajstić information content (AvgIpc) is 3.54. The molecule has 178 valence electrons. The van der Waals surface area contributed by atoms with Crippen molar-refractivity contribution in [1.29, 1.82) is 0 Å². The third-order valence-corrected chi connectivity index (χ3v) is 6.26. The number of urea groups is 1. The SMILES string of the molecule is CCOC(=O)C1=C(CSc2ncnc3c2cnn3-c2ccc(F)cc2)NC(=O)N[C@@H]1c1ccco1. The van der Waals surface area contributed by atoms with Crippen molar-refractivity contribution in [3.63, 3.8) is 0 Å². The number of hydrogen-bond donors (Lipinski definition) is 2. The fourth-order valence-electron chi connectivity index (χ4n) is 3.70. The van der Waals surface area contributed by atoms with Crippen LogP contribution in [0.4, 0.5) is 9.18 Å². The van der Waals surface area contributed by atoms with E-state index in [-0.39, 0.29) is 23.8 Å². The number of esters is 1. The van der Waals surface area contributed by atoms with E-state index in [4.69, 9.17) is 9.15 Å². The molecule has 35 heavy (non-hydrogen) atoms. The van der Waals surface area contributed by atoms with Crippen LogP contribution >= 0.6 is 11.8 Å². The summed E-state index contributed by atoms with van der Waals surface area (Å²) in [7, 11) is 0. The molecule has 0 saturated carbocycles. The minimum absolute atomic E-state index is 0.177. The lowest BCUT2D eigenvalue weighted by atomic mass is 10.0. The molecule has 0 radical (unpaired) electrons. The van der Waals surface area contributed by atoms with Gasteiger partial charge in [0.2, 0.25) is 0 Å². The summed E-state index contributed by atoms with van der Waals surface area (Å²) in [4.78, 5) is 33.9.